The van der Waals surface area contributed by atoms with Gasteiger partial charge in [-0.2, -0.15) is 13.2 Å². The van der Waals surface area contributed by atoms with Crippen molar-refractivity contribution in [2.24, 2.45) is 0 Å². The molecule has 0 radical (unpaired) electrons. The number of carboxylic acids is 1. The van der Waals surface area contributed by atoms with Crippen molar-refractivity contribution in [3.05, 3.63) is 34.2 Å². The molecule has 0 saturated carbocycles. The van der Waals surface area contributed by atoms with E-state index < -0.39 is 24.3 Å². The molecule has 0 bridgehead atoms. The van der Waals surface area contributed by atoms with Crippen LogP contribution in [0.2, 0.25) is 0 Å². The monoisotopic (exact) mass is 322 g/mol. The number of carbonyl (C=O) groups is 1. The number of carboxylic acid groups (broad SMARTS) is 1. The first-order chi connectivity index (χ1) is 8.29. The number of aromatic nitrogens is 2. The molecular formula is C10H6BrF3N2O2. The summed E-state index contributed by atoms with van der Waals surface area (Å²) >= 11 is 3.12. The fourth-order valence-corrected chi connectivity index (χ4v) is 2.05. The Bertz CT molecular complexity index is 621. The minimum Gasteiger partial charge on any atom is -0.476 e. The molecule has 0 fully saturated rings. The van der Waals surface area contributed by atoms with Crippen molar-refractivity contribution in [1.29, 1.82) is 0 Å². The maximum absolute atomic E-state index is 12.4. The van der Waals surface area contributed by atoms with Gasteiger partial charge in [0.25, 0.3) is 0 Å². The Hall–Kier alpha value is -1.57. The van der Waals surface area contributed by atoms with E-state index in [4.69, 9.17) is 5.11 Å². The molecule has 18 heavy (non-hydrogen) atoms. The van der Waals surface area contributed by atoms with Gasteiger partial charge in [0.2, 0.25) is 0 Å². The zero-order chi connectivity index (χ0) is 13.5. The fourth-order valence-electron chi connectivity index (χ4n) is 1.61. The number of pyridine rings is 1. The van der Waals surface area contributed by atoms with E-state index in [0.717, 1.165) is 4.40 Å². The normalized spacial score (nSPS) is 12.0. The van der Waals surface area contributed by atoms with Gasteiger partial charge in [-0.25, -0.2) is 9.78 Å². The van der Waals surface area contributed by atoms with Crippen LogP contribution in [0, 0.1) is 0 Å². The van der Waals surface area contributed by atoms with Crippen LogP contribution >= 0.6 is 15.9 Å². The van der Waals surface area contributed by atoms with Gasteiger partial charge in [-0.15, -0.1) is 0 Å². The van der Waals surface area contributed by atoms with Crippen LogP contribution in [-0.4, -0.2) is 26.6 Å². The van der Waals surface area contributed by atoms with Crippen LogP contribution < -0.4 is 0 Å². The third kappa shape index (κ3) is 2.33. The number of imidazole rings is 1. The van der Waals surface area contributed by atoms with Crippen molar-refractivity contribution < 1.29 is 23.1 Å². The SMILES string of the molecule is O=C(O)c1nc2c(Br)cccn2c1CC(F)(F)F. The summed E-state index contributed by atoms with van der Waals surface area (Å²) in [6, 6.07) is 3.08. The molecule has 0 aliphatic rings. The molecule has 2 heterocycles. The Morgan fingerprint density at radius 3 is 2.72 bits per heavy atom. The van der Waals surface area contributed by atoms with Crippen LogP contribution in [0.15, 0.2) is 22.8 Å². The van der Waals surface area contributed by atoms with Gasteiger partial charge >= 0.3 is 12.1 Å². The molecule has 0 saturated heterocycles. The lowest BCUT2D eigenvalue weighted by Crippen LogP contribution is -2.16. The second-order valence-electron chi connectivity index (χ2n) is 3.55. The zero-order valence-corrected chi connectivity index (χ0v) is 10.3. The number of rotatable bonds is 2. The fraction of sp³-hybridized carbons (Fsp3) is 0.200. The summed E-state index contributed by atoms with van der Waals surface area (Å²) in [6.07, 6.45) is -4.49. The Balaban J connectivity index is 2.71. The van der Waals surface area contributed by atoms with E-state index in [-0.39, 0.29) is 11.3 Å². The van der Waals surface area contributed by atoms with Crippen molar-refractivity contribution in [3.8, 4) is 0 Å². The lowest BCUT2D eigenvalue weighted by Gasteiger charge is -2.07. The van der Waals surface area contributed by atoms with Crippen LogP contribution in [0.25, 0.3) is 5.65 Å². The highest BCUT2D eigenvalue weighted by atomic mass is 79.9. The van der Waals surface area contributed by atoms with Crippen LogP contribution in [0.3, 0.4) is 0 Å². The molecule has 8 heteroatoms. The van der Waals surface area contributed by atoms with E-state index >= 15 is 0 Å². The molecule has 0 spiro atoms. The van der Waals surface area contributed by atoms with E-state index in [2.05, 4.69) is 20.9 Å². The first kappa shape index (κ1) is 12.9. The van der Waals surface area contributed by atoms with Crippen molar-refractivity contribution >= 4 is 27.5 Å². The molecule has 0 unspecified atom stereocenters. The molecule has 0 aliphatic carbocycles. The molecule has 4 nitrogen and oxygen atoms in total. The van der Waals surface area contributed by atoms with Gasteiger partial charge in [0.05, 0.1) is 16.6 Å². The lowest BCUT2D eigenvalue weighted by atomic mass is 10.2. The van der Waals surface area contributed by atoms with Crippen LogP contribution in [0.4, 0.5) is 13.2 Å². The largest absolute Gasteiger partial charge is 0.476 e. The average Bonchev–Trinajstić information content (AvgIpc) is 2.57. The van der Waals surface area contributed by atoms with E-state index in [1.807, 2.05) is 0 Å². The molecule has 0 aromatic carbocycles. The van der Waals surface area contributed by atoms with Crippen molar-refractivity contribution in [2.75, 3.05) is 0 Å². The molecule has 2 aromatic rings. The Kier molecular flexibility index (Phi) is 3.05. The first-order valence-corrected chi connectivity index (χ1v) is 5.54. The molecule has 2 rings (SSSR count). The highest BCUT2D eigenvalue weighted by molar-refractivity contribution is 9.10. The summed E-state index contributed by atoms with van der Waals surface area (Å²) in [5, 5.41) is 8.90. The van der Waals surface area contributed by atoms with Gasteiger partial charge < -0.3 is 9.51 Å². The maximum Gasteiger partial charge on any atom is 0.394 e. The maximum atomic E-state index is 12.4. The van der Waals surface area contributed by atoms with Crippen molar-refractivity contribution in [2.45, 2.75) is 12.6 Å². The second-order valence-corrected chi connectivity index (χ2v) is 4.41. The molecule has 0 aliphatic heterocycles. The van der Waals surface area contributed by atoms with Crippen LogP contribution in [0.1, 0.15) is 16.2 Å². The topological polar surface area (TPSA) is 54.6 Å². The number of aromatic carboxylic acids is 1. The third-order valence-electron chi connectivity index (χ3n) is 2.27. The standard InChI is InChI=1S/C10H6BrF3N2O2/c11-5-2-1-3-16-6(4-10(12,13)14)7(9(17)18)15-8(5)16/h1-3H,4H2,(H,17,18). The minimum absolute atomic E-state index is 0.147. The molecule has 1 N–H and O–H groups in total. The Labute approximate surface area is 107 Å². The lowest BCUT2D eigenvalue weighted by molar-refractivity contribution is -0.128. The number of fused-ring (bicyclic) bond motifs is 1. The summed E-state index contributed by atoms with van der Waals surface area (Å²) in [4.78, 5) is 14.6. The third-order valence-corrected chi connectivity index (χ3v) is 2.89. The van der Waals surface area contributed by atoms with Gasteiger partial charge in [-0.05, 0) is 28.1 Å². The predicted molar refractivity (Wildman–Crippen MR) is 59.6 cm³/mol. The summed E-state index contributed by atoms with van der Waals surface area (Å²) in [5.74, 6) is -1.48. The first-order valence-electron chi connectivity index (χ1n) is 4.75. The smallest absolute Gasteiger partial charge is 0.394 e. The average molecular weight is 323 g/mol. The van der Waals surface area contributed by atoms with E-state index in [9.17, 15) is 18.0 Å². The van der Waals surface area contributed by atoms with Crippen molar-refractivity contribution in [1.82, 2.24) is 9.38 Å². The minimum atomic E-state index is -4.50. The van der Waals surface area contributed by atoms with Crippen LogP contribution in [0.5, 0.6) is 0 Å². The van der Waals surface area contributed by atoms with Gasteiger partial charge in [0, 0.05) is 6.20 Å². The predicted octanol–water partition coefficient (Wildman–Crippen LogP) is 2.90. The molecule has 96 valence electrons. The summed E-state index contributed by atoms with van der Waals surface area (Å²) in [5.41, 5.74) is -0.820. The summed E-state index contributed by atoms with van der Waals surface area (Å²) in [6.45, 7) is 0. The quantitative estimate of drug-likeness (QED) is 0.925. The van der Waals surface area contributed by atoms with Gasteiger partial charge in [-0.3, -0.25) is 0 Å². The molecule has 0 atom stereocenters. The molecule has 0 amide bonds. The van der Waals surface area contributed by atoms with E-state index in [1.165, 1.54) is 12.3 Å². The summed E-state index contributed by atoms with van der Waals surface area (Å²) in [7, 11) is 0. The summed E-state index contributed by atoms with van der Waals surface area (Å²) < 4.78 is 38.9. The number of alkyl halides is 3. The second kappa shape index (κ2) is 4.27. The van der Waals surface area contributed by atoms with E-state index in [1.54, 1.807) is 6.07 Å². The Morgan fingerprint density at radius 2 is 2.17 bits per heavy atom. The number of hydrogen-bond acceptors (Lipinski definition) is 2. The Morgan fingerprint density at radius 1 is 1.50 bits per heavy atom. The van der Waals surface area contributed by atoms with Gasteiger partial charge in [0.1, 0.15) is 0 Å². The van der Waals surface area contributed by atoms with Gasteiger partial charge in [0.15, 0.2) is 11.3 Å². The van der Waals surface area contributed by atoms with Crippen molar-refractivity contribution in [3.63, 3.8) is 0 Å². The molecular weight excluding hydrogens is 317 g/mol. The zero-order valence-electron chi connectivity index (χ0n) is 8.70. The highest BCUT2D eigenvalue weighted by Crippen LogP contribution is 2.26. The van der Waals surface area contributed by atoms with E-state index in [0.29, 0.717) is 4.47 Å². The van der Waals surface area contributed by atoms with Crippen LogP contribution in [-0.2, 0) is 6.42 Å². The number of hydrogen-bond donors (Lipinski definition) is 1. The number of nitrogens with zero attached hydrogens (tertiary/aromatic N) is 2. The molecule has 2 aromatic heterocycles. The van der Waals surface area contributed by atoms with Gasteiger partial charge in [-0.1, -0.05) is 0 Å². The number of halogens is 4. The highest BCUT2D eigenvalue weighted by Gasteiger charge is 2.33.